The van der Waals surface area contributed by atoms with Crippen molar-refractivity contribution in [2.24, 2.45) is 5.92 Å². The van der Waals surface area contributed by atoms with Gasteiger partial charge in [0.1, 0.15) is 4.21 Å². The Kier molecular flexibility index (Phi) is 7.41. The summed E-state index contributed by atoms with van der Waals surface area (Å²) in [6.45, 7) is 9.54. The summed E-state index contributed by atoms with van der Waals surface area (Å²) >= 11 is 1.18. The third kappa shape index (κ3) is 5.42. The van der Waals surface area contributed by atoms with E-state index in [1.807, 2.05) is 18.5 Å². The predicted octanol–water partition coefficient (Wildman–Crippen LogP) is 2.72. The summed E-state index contributed by atoms with van der Waals surface area (Å²) in [6, 6.07) is 3.32. The first kappa shape index (κ1) is 22.6. The highest BCUT2D eigenvalue weighted by Gasteiger charge is 2.19. The molecule has 2 heterocycles. The molecule has 0 saturated carbocycles. The second kappa shape index (κ2) is 9.19. The molecule has 2 aromatic rings. The summed E-state index contributed by atoms with van der Waals surface area (Å²) in [7, 11) is -0.420. The Balaban J connectivity index is 1.91. The van der Waals surface area contributed by atoms with Gasteiger partial charge >= 0.3 is 0 Å². The van der Waals surface area contributed by atoms with Crippen LogP contribution in [0.1, 0.15) is 42.1 Å². The van der Waals surface area contributed by atoms with Crippen molar-refractivity contribution in [3.63, 3.8) is 0 Å². The molecule has 0 atom stereocenters. The van der Waals surface area contributed by atoms with E-state index >= 15 is 0 Å². The lowest BCUT2D eigenvalue weighted by atomic mass is 10.1. The molecule has 1 amide bonds. The number of hydrogen-bond donors (Lipinski definition) is 1. The normalized spacial score (nSPS) is 12.1. The number of sulfonamides is 1. The fourth-order valence-electron chi connectivity index (χ4n) is 2.90. The molecule has 0 saturated heterocycles. The van der Waals surface area contributed by atoms with Crippen LogP contribution >= 0.6 is 11.3 Å². The monoisotopic (exact) mass is 426 g/mol. The third-order valence-corrected chi connectivity index (χ3v) is 7.87. The highest BCUT2D eigenvalue weighted by atomic mass is 32.2. The SMILES string of the molecule is Cc1nn(CC(C)C)c(C)c1CCC(=O)NCc1ccc(S(=O)(=O)N(C)C)s1. The van der Waals surface area contributed by atoms with Gasteiger partial charge in [-0.2, -0.15) is 5.10 Å². The minimum absolute atomic E-state index is 0.0548. The molecule has 0 aromatic carbocycles. The molecule has 0 aliphatic carbocycles. The average molecular weight is 427 g/mol. The van der Waals surface area contributed by atoms with Crippen molar-refractivity contribution < 1.29 is 13.2 Å². The summed E-state index contributed by atoms with van der Waals surface area (Å²) in [5.74, 6) is 0.460. The van der Waals surface area contributed by atoms with Crippen molar-refractivity contribution in [1.29, 1.82) is 0 Å². The Hall–Kier alpha value is -1.71. The second-order valence-corrected chi connectivity index (χ2v) is 11.1. The molecule has 0 aliphatic heterocycles. The van der Waals surface area contributed by atoms with Gasteiger partial charge in [-0.15, -0.1) is 11.3 Å². The van der Waals surface area contributed by atoms with Crippen LogP contribution in [0, 0.1) is 19.8 Å². The fraction of sp³-hybridized carbons (Fsp3) is 0.579. The quantitative estimate of drug-likeness (QED) is 0.668. The number of thiophene rings is 1. The molecule has 2 rings (SSSR count). The zero-order chi connectivity index (χ0) is 21.1. The summed E-state index contributed by atoms with van der Waals surface area (Å²) in [4.78, 5) is 13.1. The second-order valence-electron chi connectivity index (χ2n) is 7.51. The Bertz CT molecular complexity index is 927. The van der Waals surface area contributed by atoms with E-state index in [-0.39, 0.29) is 10.1 Å². The van der Waals surface area contributed by atoms with Crippen molar-refractivity contribution in [3.8, 4) is 0 Å². The van der Waals surface area contributed by atoms with Crippen LogP contribution in [-0.2, 0) is 34.3 Å². The van der Waals surface area contributed by atoms with Crippen molar-refractivity contribution >= 4 is 27.3 Å². The number of nitrogens with zero attached hydrogens (tertiary/aromatic N) is 3. The first-order valence-electron chi connectivity index (χ1n) is 9.33. The smallest absolute Gasteiger partial charge is 0.252 e. The van der Waals surface area contributed by atoms with Crippen LogP contribution in [0.2, 0.25) is 0 Å². The van der Waals surface area contributed by atoms with E-state index in [1.165, 1.54) is 29.7 Å². The van der Waals surface area contributed by atoms with Gasteiger partial charge in [0.05, 0.1) is 12.2 Å². The number of carbonyl (C=O) groups is 1. The molecule has 156 valence electrons. The number of aromatic nitrogens is 2. The minimum atomic E-state index is -3.43. The van der Waals surface area contributed by atoms with Gasteiger partial charge in [0.15, 0.2) is 0 Å². The molecule has 7 nitrogen and oxygen atoms in total. The molecular weight excluding hydrogens is 396 g/mol. The van der Waals surface area contributed by atoms with Crippen LogP contribution < -0.4 is 5.32 Å². The van der Waals surface area contributed by atoms with Gasteiger partial charge in [-0.1, -0.05) is 13.8 Å². The topological polar surface area (TPSA) is 84.3 Å². The maximum atomic E-state index is 12.2. The predicted molar refractivity (Wildman–Crippen MR) is 112 cm³/mol. The lowest BCUT2D eigenvalue weighted by molar-refractivity contribution is -0.121. The van der Waals surface area contributed by atoms with E-state index in [2.05, 4.69) is 24.3 Å². The highest BCUT2D eigenvalue weighted by molar-refractivity contribution is 7.91. The van der Waals surface area contributed by atoms with E-state index in [4.69, 9.17) is 0 Å². The van der Waals surface area contributed by atoms with E-state index in [9.17, 15) is 13.2 Å². The molecular formula is C19H30N4O3S2. The van der Waals surface area contributed by atoms with E-state index < -0.39 is 10.0 Å². The molecule has 0 fully saturated rings. The number of hydrogen-bond acceptors (Lipinski definition) is 5. The van der Waals surface area contributed by atoms with Gasteiger partial charge in [-0.05, 0) is 43.9 Å². The van der Waals surface area contributed by atoms with Gasteiger partial charge < -0.3 is 5.32 Å². The van der Waals surface area contributed by atoms with Crippen LogP contribution in [0.25, 0.3) is 0 Å². The van der Waals surface area contributed by atoms with Gasteiger partial charge in [0.2, 0.25) is 5.91 Å². The van der Waals surface area contributed by atoms with Crippen LogP contribution in [0.5, 0.6) is 0 Å². The Morgan fingerprint density at radius 1 is 1.29 bits per heavy atom. The van der Waals surface area contributed by atoms with Crippen LogP contribution in [0.15, 0.2) is 16.3 Å². The molecule has 0 bridgehead atoms. The molecule has 28 heavy (non-hydrogen) atoms. The third-order valence-electron chi connectivity index (χ3n) is 4.50. The molecule has 9 heteroatoms. The first-order valence-corrected chi connectivity index (χ1v) is 11.6. The molecule has 0 radical (unpaired) electrons. The first-order chi connectivity index (χ1) is 13.0. The average Bonchev–Trinajstić information content (AvgIpc) is 3.17. The van der Waals surface area contributed by atoms with Crippen molar-refractivity contribution in [2.75, 3.05) is 14.1 Å². The summed E-state index contributed by atoms with van der Waals surface area (Å²) in [5, 5.41) is 7.46. The largest absolute Gasteiger partial charge is 0.351 e. The standard InChI is InChI=1S/C19H30N4O3S2/c1-13(2)12-23-15(4)17(14(3)21-23)8-9-18(24)20-11-16-7-10-19(27-16)28(25,26)22(5)6/h7,10,13H,8-9,11-12H2,1-6H3,(H,20,24). The lowest BCUT2D eigenvalue weighted by Crippen LogP contribution is -2.22. The fourth-order valence-corrected chi connectivity index (χ4v) is 5.37. The van der Waals surface area contributed by atoms with Crippen molar-refractivity contribution in [1.82, 2.24) is 19.4 Å². The maximum Gasteiger partial charge on any atom is 0.252 e. The number of carbonyl (C=O) groups excluding carboxylic acids is 1. The Labute approximate surface area is 171 Å². The van der Waals surface area contributed by atoms with E-state index in [0.717, 1.165) is 28.4 Å². The number of amides is 1. The van der Waals surface area contributed by atoms with Gasteiger partial charge in [0, 0.05) is 37.6 Å². The zero-order valence-electron chi connectivity index (χ0n) is 17.4. The Morgan fingerprint density at radius 3 is 2.57 bits per heavy atom. The van der Waals surface area contributed by atoms with Gasteiger partial charge in [0.25, 0.3) is 10.0 Å². The molecule has 1 N–H and O–H groups in total. The van der Waals surface area contributed by atoms with Crippen LogP contribution in [0.4, 0.5) is 0 Å². The summed E-state index contributed by atoms with van der Waals surface area (Å²) in [6.07, 6.45) is 1.02. The molecule has 2 aromatic heterocycles. The van der Waals surface area contributed by atoms with Crippen LogP contribution in [-0.4, -0.2) is 42.5 Å². The van der Waals surface area contributed by atoms with Crippen LogP contribution in [0.3, 0.4) is 0 Å². The number of nitrogens with one attached hydrogen (secondary N) is 1. The summed E-state index contributed by atoms with van der Waals surface area (Å²) in [5.41, 5.74) is 3.23. The lowest BCUT2D eigenvalue weighted by Gasteiger charge is -2.08. The molecule has 0 aliphatic rings. The zero-order valence-corrected chi connectivity index (χ0v) is 19.1. The van der Waals surface area contributed by atoms with E-state index in [0.29, 0.717) is 25.3 Å². The highest BCUT2D eigenvalue weighted by Crippen LogP contribution is 2.23. The van der Waals surface area contributed by atoms with E-state index in [1.54, 1.807) is 12.1 Å². The Morgan fingerprint density at radius 2 is 1.96 bits per heavy atom. The molecule has 0 spiro atoms. The number of aryl methyl sites for hydroxylation is 1. The van der Waals surface area contributed by atoms with Crippen molar-refractivity contribution in [3.05, 3.63) is 34.0 Å². The minimum Gasteiger partial charge on any atom is -0.351 e. The summed E-state index contributed by atoms with van der Waals surface area (Å²) < 4.78 is 27.7. The maximum absolute atomic E-state index is 12.2. The van der Waals surface area contributed by atoms with Gasteiger partial charge in [-0.3, -0.25) is 9.48 Å². The molecule has 0 unspecified atom stereocenters. The van der Waals surface area contributed by atoms with Crippen molar-refractivity contribution in [2.45, 2.75) is 57.8 Å². The number of rotatable bonds is 9. The van der Waals surface area contributed by atoms with Gasteiger partial charge in [-0.25, -0.2) is 12.7 Å².